The van der Waals surface area contributed by atoms with Gasteiger partial charge >= 0.3 is 0 Å². The normalized spacial score (nSPS) is 85.7. The van der Waals surface area contributed by atoms with Gasteiger partial charge in [-0.25, -0.2) is 0 Å². The third-order valence-electron chi connectivity index (χ3n) is 4.87. The largest absolute Gasteiger partial charge is 0.0651 e. The van der Waals surface area contributed by atoms with Crippen LogP contribution in [-0.4, -0.2) is 0 Å². The standard InChI is InChI=1S/C9H12/c1-2-5-3-8-6-7(8)9(6,8)4-5/h5-7H,2-4H2,1H3. The Kier molecular flexibility index (Phi) is 0.302. The van der Waals surface area contributed by atoms with Crippen molar-refractivity contribution in [1.29, 1.82) is 0 Å². The van der Waals surface area contributed by atoms with Crippen molar-refractivity contribution < 1.29 is 0 Å². The van der Waals surface area contributed by atoms with Gasteiger partial charge in [0.2, 0.25) is 0 Å². The maximum atomic E-state index is 2.36. The van der Waals surface area contributed by atoms with E-state index in [4.69, 9.17) is 0 Å². The molecular formula is C9H12. The van der Waals surface area contributed by atoms with Gasteiger partial charge in [0.05, 0.1) is 0 Å². The van der Waals surface area contributed by atoms with Crippen LogP contribution in [0, 0.1) is 28.6 Å². The fourth-order valence-electron chi connectivity index (χ4n) is 4.17. The van der Waals surface area contributed by atoms with Crippen LogP contribution in [0.3, 0.4) is 0 Å². The third kappa shape index (κ3) is 0.171. The van der Waals surface area contributed by atoms with E-state index in [9.17, 15) is 0 Å². The molecule has 0 atom stereocenters. The second-order valence-electron chi connectivity index (χ2n) is 4.72. The average Bonchev–Trinajstić information content (AvgIpc) is 2.75. The zero-order chi connectivity index (χ0) is 5.85. The van der Waals surface area contributed by atoms with Gasteiger partial charge < -0.3 is 0 Å². The molecule has 5 fully saturated rings. The van der Waals surface area contributed by atoms with Crippen LogP contribution in [0.2, 0.25) is 0 Å². The molecule has 0 nitrogen and oxygen atoms in total. The lowest BCUT2D eigenvalue weighted by Gasteiger charge is -2.07. The minimum Gasteiger partial charge on any atom is -0.0651 e. The Hall–Kier alpha value is 0. The minimum absolute atomic E-state index is 1.06. The molecule has 0 heteroatoms. The smallest absolute Gasteiger partial charge is 0.0158 e. The molecule has 0 heterocycles. The first-order valence-electron chi connectivity index (χ1n) is 4.38. The van der Waals surface area contributed by atoms with E-state index in [0.717, 1.165) is 16.7 Å². The Balaban J connectivity index is 1.74. The molecular weight excluding hydrogens is 108 g/mol. The lowest BCUT2D eigenvalue weighted by Crippen LogP contribution is -1.96. The maximum absolute atomic E-state index is 2.36. The Labute approximate surface area is 55.6 Å². The van der Waals surface area contributed by atoms with Crippen molar-refractivity contribution in [2.45, 2.75) is 26.2 Å². The van der Waals surface area contributed by atoms with Crippen molar-refractivity contribution in [2.75, 3.05) is 0 Å². The van der Waals surface area contributed by atoms with E-state index in [-0.39, 0.29) is 0 Å². The summed E-state index contributed by atoms with van der Waals surface area (Å²) in [6, 6.07) is 0. The molecule has 0 aromatic carbocycles. The van der Waals surface area contributed by atoms with Crippen LogP contribution in [0.15, 0.2) is 0 Å². The van der Waals surface area contributed by atoms with E-state index in [0.29, 0.717) is 0 Å². The molecule has 48 valence electrons. The van der Waals surface area contributed by atoms with Gasteiger partial charge in [0, 0.05) is 0 Å². The lowest BCUT2D eigenvalue weighted by atomic mass is 9.98. The summed E-state index contributed by atoms with van der Waals surface area (Å²) in [5.41, 5.74) is 2.13. The van der Waals surface area contributed by atoms with Gasteiger partial charge in [0.1, 0.15) is 0 Å². The fraction of sp³-hybridized carbons (Fsp3) is 1.00. The zero-order valence-corrected chi connectivity index (χ0v) is 5.85. The minimum atomic E-state index is 1.06. The summed E-state index contributed by atoms with van der Waals surface area (Å²) in [6.45, 7) is 2.36. The van der Waals surface area contributed by atoms with Gasteiger partial charge in [-0.05, 0) is 41.4 Å². The number of hydrogen-bond donors (Lipinski definition) is 0. The predicted molar refractivity (Wildman–Crippen MR) is 34.9 cm³/mol. The predicted octanol–water partition coefficient (Wildman–Crippen LogP) is 2.05. The number of rotatable bonds is 1. The summed E-state index contributed by atoms with van der Waals surface area (Å²) < 4.78 is 0. The molecule has 0 aliphatic heterocycles. The van der Waals surface area contributed by atoms with Gasteiger partial charge in [-0.3, -0.25) is 0 Å². The average molecular weight is 120 g/mol. The third-order valence-corrected chi connectivity index (χ3v) is 4.87. The maximum Gasteiger partial charge on any atom is -0.0158 e. The lowest BCUT2D eigenvalue weighted by molar-refractivity contribution is 0.437. The van der Waals surface area contributed by atoms with Crippen molar-refractivity contribution in [3.63, 3.8) is 0 Å². The Bertz CT molecular complexity index is 186. The molecule has 5 aliphatic carbocycles. The molecule has 0 bridgehead atoms. The molecule has 9 heavy (non-hydrogen) atoms. The molecule has 0 unspecified atom stereocenters. The Morgan fingerprint density at radius 3 is 2.22 bits per heavy atom. The van der Waals surface area contributed by atoms with E-state index in [1.54, 1.807) is 12.8 Å². The van der Waals surface area contributed by atoms with Crippen LogP contribution < -0.4 is 0 Å². The van der Waals surface area contributed by atoms with Gasteiger partial charge in [0.25, 0.3) is 0 Å². The van der Waals surface area contributed by atoms with Crippen LogP contribution in [0.1, 0.15) is 26.2 Å². The van der Waals surface area contributed by atoms with Gasteiger partial charge in [0.15, 0.2) is 0 Å². The van der Waals surface area contributed by atoms with Crippen LogP contribution in [0.4, 0.5) is 0 Å². The summed E-state index contributed by atoms with van der Waals surface area (Å²) in [5, 5.41) is 0. The van der Waals surface area contributed by atoms with Crippen LogP contribution in [0.5, 0.6) is 0 Å². The molecule has 2 spiro atoms. The van der Waals surface area contributed by atoms with Crippen molar-refractivity contribution in [3.05, 3.63) is 0 Å². The van der Waals surface area contributed by atoms with Gasteiger partial charge in [-0.15, -0.1) is 0 Å². The molecule has 0 aromatic heterocycles. The molecule has 5 rings (SSSR count). The molecule has 0 N–H and O–H groups in total. The molecule has 0 radical (unpaired) electrons. The number of hydrogen-bond acceptors (Lipinski definition) is 0. The van der Waals surface area contributed by atoms with E-state index < -0.39 is 0 Å². The van der Waals surface area contributed by atoms with Gasteiger partial charge in [-0.2, -0.15) is 0 Å². The van der Waals surface area contributed by atoms with E-state index in [1.807, 2.05) is 0 Å². The van der Waals surface area contributed by atoms with Crippen LogP contribution in [0.25, 0.3) is 0 Å². The molecule has 0 amide bonds. The molecule has 5 aliphatic rings. The quantitative estimate of drug-likeness (QED) is 0.497. The summed E-state index contributed by atoms with van der Waals surface area (Å²) in [4.78, 5) is 0. The second-order valence-corrected chi connectivity index (χ2v) is 4.72. The Morgan fingerprint density at radius 1 is 1.22 bits per heavy atom. The van der Waals surface area contributed by atoms with Crippen LogP contribution >= 0.6 is 0 Å². The summed E-state index contributed by atoms with van der Waals surface area (Å²) in [7, 11) is 0. The highest BCUT2D eigenvalue weighted by Crippen LogP contribution is 3.22. The van der Waals surface area contributed by atoms with Gasteiger partial charge in [-0.1, -0.05) is 13.3 Å². The highest BCUT2D eigenvalue weighted by atomic mass is 15.2. The van der Waals surface area contributed by atoms with E-state index in [2.05, 4.69) is 6.92 Å². The highest BCUT2D eigenvalue weighted by Gasteiger charge is 3.19. The van der Waals surface area contributed by atoms with Crippen molar-refractivity contribution >= 4 is 0 Å². The SMILES string of the molecule is CCC1CC23C4C2C43C1. The first-order valence-corrected chi connectivity index (χ1v) is 4.38. The summed E-state index contributed by atoms with van der Waals surface area (Å²) in [5.74, 6) is 3.78. The summed E-state index contributed by atoms with van der Waals surface area (Å²) in [6.07, 6.45) is 4.74. The van der Waals surface area contributed by atoms with E-state index in [1.165, 1.54) is 18.3 Å². The second kappa shape index (κ2) is 0.681. The topological polar surface area (TPSA) is 0 Å². The van der Waals surface area contributed by atoms with Crippen molar-refractivity contribution in [2.24, 2.45) is 28.6 Å². The molecule has 0 saturated heterocycles. The zero-order valence-electron chi connectivity index (χ0n) is 5.85. The molecule has 5 saturated carbocycles. The first-order chi connectivity index (χ1) is 4.38. The fourth-order valence-corrected chi connectivity index (χ4v) is 4.17. The summed E-state index contributed by atoms with van der Waals surface area (Å²) >= 11 is 0. The molecule has 0 aromatic rings. The van der Waals surface area contributed by atoms with Crippen LogP contribution in [-0.2, 0) is 0 Å². The highest BCUT2D eigenvalue weighted by molar-refractivity contribution is 5.65. The first kappa shape index (κ1) is 4.00. The van der Waals surface area contributed by atoms with Crippen molar-refractivity contribution in [1.82, 2.24) is 0 Å². The van der Waals surface area contributed by atoms with Crippen molar-refractivity contribution in [3.8, 4) is 0 Å². The van der Waals surface area contributed by atoms with E-state index >= 15 is 0 Å². The Morgan fingerprint density at radius 2 is 1.78 bits per heavy atom. The monoisotopic (exact) mass is 120 g/mol.